The standard InChI is InChI=1S/C11H18N4OS/c1-11(2,3)8(16)6-17-10-14-13-9(12)15(10)7-4-5-7/h7H,4-6H2,1-3H3,(H2,12,13). The van der Waals surface area contributed by atoms with E-state index in [0.717, 1.165) is 18.0 Å². The van der Waals surface area contributed by atoms with Gasteiger partial charge in [-0.15, -0.1) is 10.2 Å². The van der Waals surface area contributed by atoms with Crippen molar-refractivity contribution in [3.8, 4) is 0 Å². The zero-order chi connectivity index (χ0) is 12.6. The summed E-state index contributed by atoms with van der Waals surface area (Å²) >= 11 is 1.43. The number of aromatic nitrogens is 3. The Hall–Kier alpha value is -1.04. The second kappa shape index (κ2) is 4.33. The highest BCUT2D eigenvalue weighted by molar-refractivity contribution is 7.99. The average molecular weight is 254 g/mol. The molecule has 0 aromatic carbocycles. The summed E-state index contributed by atoms with van der Waals surface area (Å²) in [6.07, 6.45) is 2.26. The van der Waals surface area contributed by atoms with Crippen molar-refractivity contribution in [2.45, 2.75) is 44.8 Å². The van der Waals surface area contributed by atoms with Crippen LogP contribution in [0.25, 0.3) is 0 Å². The van der Waals surface area contributed by atoms with Crippen LogP contribution in [-0.4, -0.2) is 26.3 Å². The van der Waals surface area contributed by atoms with Gasteiger partial charge in [-0.25, -0.2) is 0 Å². The molecule has 0 radical (unpaired) electrons. The molecule has 2 N–H and O–H groups in total. The van der Waals surface area contributed by atoms with Crippen LogP contribution in [0.15, 0.2) is 5.16 Å². The van der Waals surface area contributed by atoms with Gasteiger partial charge in [-0.2, -0.15) is 0 Å². The molecule has 1 aromatic rings. The Morgan fingerprint density at radius 3 is 2.65 bits per heavy atom. The van der Waals surface area contributed by atoms with Crippen molar-refractivity contribution >= 4 is 23.5 Å². The Bertz CT molecular complexity index is 431. The second-order valence-corrected chi connectivity index (χ2v) is 6.35. The van der Waals surface area contributed by atoms with Crippen molar-refractivity contribution in [1.29, 1.82) is 0 Å². The first-order chi connectivity index (χ1) is 7.89. The highest BCUT2D eigenvalue weighted by Crippen LogP contribution is 2.39. The summed E-state index contributed by atoms with van der Waals surface area (Å²) in [7, 11) is 0. The number of carbonyl (C=O) groups is 1. The molecule has 0 saturated heterocycles. The van der Waals surface area contributed by atoms with Gasteiger partial charge in [0.25, 0.3) is 0 Å². The lowest BCUT2D eigenvalue weighted by Crippen LogP contribution is -2.22. The van der Waals surface area contributed by atoms with E-state index in [1.54, 1.807) is 0 Å². The lowest BCUT2D eigenvalue weighted by molar-refractivity contribution is -0.123. The van der Waals surface area contributed by atoms with E-state index in [0.29, 0.717) is 17.7 Å². The van der Waals surface area contributed by atoms with E-state index in [1.807, 2.05) is 25.3 Å². The van der Waals surface area contributed by atoms with Gasteiger partial charge in [0.1, 0.15) is 5.78 Å². The average Bonchev–Trinajstić information content (AvgIpc) is 2.99. The number of nitrogens with zero attached hydrogens (tertiary/aromatic N) is 3. The second-order valence-electron chi connectivity index (χ2n) is 5.40. The van der Waals surface area contributed by atoms with E-state index in [2.05, 4.69) is 10.2 Å². The van der Waals surface area contributed by atoms with E-state index in [-0.39, 0.29) is 11.2 Å². The molecule has 1 fully saturated rings. The van der Waals surface area contributed by atoms with Crippen LogP contribution in [0.5, 0.6) is 0 Å². The van der Waals surface area contributed by atoms with Gasteiger partial charge in [0.15, 0.2) is 5.16 Å². The molecule has 0 amide bonds. The van der Waals surface area contributed by atoms with Gasteiger partial charge in [0.2, 0.25) is 5.95 Å². The van der Waals surface area contributed by atoms with Crippen LogP contribution in [0.1, 0.15) is 39.7 Å². The Morgan fingerprint density at radius 2 is 2.12 bits per heavy atom. The van der Waals surface area contributed by atoms with Crippen LogP contribution in [0.2, 0.25) is 0 Å². The SMILES string of the molecule is CC(C)(C)C(=O)CSc1nnc(N)n1C1CC1. The van der Waals surface area contributed by atoms with Crippen LogP contribution in [-0.2, 0) is 4.79 Å². The van der Waals surface area contributed by atoms with E-state index >= 15 is 0 Å². The number of nitrogen functional groups attached to an aromatic ring is 1. The summed E-state index contributed by atoms with van der Waals surface area (Å²) in [6.45, 7) is 5.78. The third-order valence-electron chi connectivity index (χ3n) is 2.77. The minimum atomic E-state index is -0.303. The number of Topliss-reactive ketones (excluding diaryl/α,β-unsaturated/α-hetero) is 1. The quantitative estimate of drug-likeness (QED) is 0.831. The van der Waals surface area contributed by atoms with E-state index in [4.69, 9.17) is 5.73 Å². The maximum absolute atomic E-state index is 11.8. The van der Waals surface area contributed by atoms with Gasteiger partial charge in [0.05, 0.1) is 5.75 Å². The van der Waals surface area contributed by atoms with E-state index in [9.17, 15) is 4.79 Å². The predicted molar refractivity (Wildman–Crippen MR) is 67.9 cm³/mol. The molecule has 6 heteroatoms. The molecular weight excluding hydrogens is 236 g/mol. The largest absolute Gasteiger partial charge is 0.368 e. The minimum Gasteiger partial charge on any atom is -0.368 e. The molecule has 0 unspecified atom stereocenters. The zero-order valence-electron chi connectivity index (χ0n) is 10.4. The normalized spacial score (nSPS) is 16.2. The summed E-state index contributed by atoms with van der Waals surface area (Å²) < 4.78 is 1.95. The van der Waals surface area contributed by atoms with Crippen molar-refractivity contribution in [2.75, 3.05) is 11.5 Å². The summed E-state index contributed by atoms with van der Waals surface area (Å²) in [5, 5.41) is 8.67. The topological polar surface area (TPSA) is 73.8 Å². The van der Waals surface area contributed by atoms with Crippen LogP contribution in [0.4, 0.5) is 5.95 Å². The molecule has 17 heavy (non-hydrogen) atoms. The number of rotatable bonds is 4. The number of hydrogen-bond acceptors (Lipinski definition) is 5. The van der Waals surface area contributed by atoms with Gasteiger partial charge in [-0.3, -0.25) is 9.36 Å². The van der Waals surface area contributed by atoms with Crippen molar-refractivity contribution in [2.24, 2.45) is 5.41 Å². The molecule has 94 valence electrons. The number of hydrogen-bond donors (Lipinski definition) is 1. The molecule has 0 aliphatic heterocycles. The van der Waals surface area contributed by atoms with Crippen LogP contribution >= 0.6 is 11.8 Å². The van der Waals surface area contributed by atoms with Crippen LogP contribution in [0.3, 0.4) is 0 Å². The van der Waals surface area contributed by atoms with Crippen molar-refractivity contribution in [3.63, 3.8) is 0 Å². The highest BCUT2D eigenvalue weighted by atomic mass is 32.2. The van der Waals surface area contributed by atoms with Crippen molar-refractivity contribution in [3.05, 3.63) is 0 Å². The van der Waals surface area contributed by atoms with Gasteiger partial charge < -0.3 is 5.73 Å². The Labute approximate surface area is 105 Å². The summed E-state index contributed by atoms with van der Waals surface area (Å²) in [4.78, 5) is 11.8. The van der Waals surface area contributed by atoms with E-state index < -0.39 is 0 Å². The van der Waals surface area contributed by atoms with Crippen LogP contribution in [0, 0.1) is 5.41 Å². The monoisotopic (exact) mass is 254 g/mol. The summed E-state index contributed by atoms with van der Waals surface area (Å²) in [5.41, 5.74) is 5.46. The summed E-state index contributed by atoms with van der Waals surface area (Å²) in [6, 6.07) is 0.442. The van der Waals surface area contributed by atoms with Crippen molar-refractivity contribution < 1.29 is 4.79 Å². The van der Waals surface area contributed by atoms with Gasteiger partial charge in [-0.05, 0) is 12.8 Å². The fourth-order valence-corrected chi connectivity index (χ4v) is 2.58. The number of thioether (sulfide) groups is 1. The zero-order valence-corrected chi connectivity index (χ0v) is 11.3. The molecule has 0 bridgehead atoms. The molecule has 2 rings (SSSR count). The Morgan fingerprint density at radius 1 is 1.47 bits per heavy atom. The molecule has 1 saturated carbocycles. The first kappa shape index (κ1) is 12.4. The Kier molecular flexibility index (Phi) is 3.16. The van der Waals surface area contributed by atoms with E-state index in [1.165, 1.54) is 11.8 Å². The predicted octanol–water partition coefficient (Wildman–Crippen LogP) is 1.90. The number of nitrogens with two attached hydrogens (primary N) is 1. The molecule has 1 aromatic heterocycles. The third kappa shape index (κ3) is 2.80. The number of anilines is 1. The fourth-order valence-electron chi connectivity index (χ4n) is 1.41. The molecule has 1 aliphatic carbocycles. The number of ketones is 1. The molecule has 0 spiro atoms. The lowest BCUT2D eigenvalue weighted by atomic mass is 9.92. The lowest BCUT2D eigenvalue weighted by Gasteiger charge is -2.15. The maximum Gasteiger partial charge on any atom is 0.222 e. The fraction of sp³-hybridized carbons (Fsp3) is 0.727. The molecule has 1 aliphatic rings. The van der Waals surface area contributed by atoms with Crippen LogP contribution < -0.4 is 5.73 Å². The maximum atomic E-state index is 11.8. The van der Waals surface area contributed by atoms with Gasteiger partial charge >= 0.3 is 0 Å². The smallest absolute Gasteiger partial charge is 0.222 e. The Balaban J connectivity index is 2.02. The van der Waals surface area contributed by atoms with Gasteiger partial charge in [-0.1, -0.05) is 32.5 Å². The first-order valence-corrected chi connectivity index (χ1v) is 6.74. The van der Waals surface area contributed by atoms with Crippen molar-refractivity contribution in [1.82, 2.24) is 14.8 Å². The first-order valence-electron chi connectivity index (χ1n) is 5.76. The highest BCUT2D eigenvalue weighted by Gasteiger charge is 2.29. The molecular formula is C11H18N4OS. The summed E-state index contributed by atoms with van der Waals surface area (Å²) in [5.74, 6) is 1.10. The molecule has 1 heterocycles. The number of carbonyl (C=O) groups excluding carboxylic acids is 1. The van der Waals surface area contributed by atoms with Gasteiger partial charge in [0, 0.05) is 11.5 Å². The minimum absolute atomic E-state index is 0.214. The third-order valence-corrected chi connectivity index (χ3v) is 3.71. The molecule has 0 atom stereocenters. The molecule has 5 nitrogen and oxygen atoms in total.